The quantitative estimate of drug-likeness (QED) is 0.871. The average Bonchev–Trinajstić information content (AvgIpc) is 2.48. The molecule has 1 amide bonds. The molecule has 0 aliphatic carbocycles. The summed E-state index contributed by atoms with van der Waals surface area (Å²) in [5, 5.41) is 0.660. The van der Waals surface area contributed by atoms with Crippen molar-refractivity contribution in [2.24, 2.45) is 0 Å². The summed E-state index contributed by atoms with van der Waals surface area (Å²) in [6.45, 7) is 3.82. The van der Waals surface area contributed by atoms with E-state index in [1.807, 2.05) is 19.9 Å². The normalized spacial score (nSPS) is 12.0. The fourth-order valence-corrected chi connectivity index (χ4v) is 2.02. The maximum absolute atomic E-state index is 12.5. The van der Waals surface area contributed by atoms with Gasteiger partial charge in [0, 0.05) is 23.8 Å². The van der Waals surface area contributed by atoms with Gasteiger partial charge in [-0.15, -0.1) is 0 Å². The zero-order chi connectivity index (χ0) is 14.7. The third-order valence-electron chi connectivity index (χ3n) is 3.34. The van der Waals surface area contributed by atoms with E-state index in [9.17, 15) is 4.79 Å². The van der Waals surface area contributed by atoms with Crippen molar-refractivity contribution in [1.29, 1.82) is 0 Å². The van der Waals surface area contributed by atoms with E-state index in [-0.39, 0.29) is 11.9 Å². The second-order valence-electron chi connectivity index (χ2n) is 4.69. The lowest BCUT2D eigenvalue weighted by molar-refractivity contribution is 0.0739. The van der Waals surface area contributed by atoms with Crippen molar-refractivity contribution in [3.8, 4) is 0 Å². The number of aryl methyl sites for hydroxylation is 1. The summed E-state index contributed by atoms with van der Waals surface area (Å²) in [6, 6.07) is 6.96. The molecule has 1 aromatic carbocycles. The molecule has 2 aromatic rings. The van der Waals surface area contributed by atoms with Gasteiger partial charge in [0.2, 0.25) is 0 Å². The van der Waals surface area contributed by atoms with Crippen LogP contribution in [0.5, 0.6) is 0 Å². The number of rotatable bonds is 3. The molecule has 104 valence electrons. The first kappa shape index (κ1) is 14.5. The van der Waals surface area contributed by atoms with Gasteiger partial charge in [-0.05, 0) is 43.7 Å². The highest BCUT2D eigenvalue weighted by molar-refractivity contribution is 6.31. The third kappa shape index (κ3) is 2.96. The van der Waals surface area contributed by atoms with Crippen molar-refractivity contribution in [3.63, 3.8) is 0 Å². The van der Waals surface area contributed by atoms with Crippen LogP contribution in [0.2, 0.25) is 5.02 Å². The summed E-state index contributed by atoms with van der Waals surface area (Å²) in [5.41, 5.74) is 2.32. The van der Waals surface area contributed by atoms with E-state index < -0.39 is 0 Å². The van der Waals surface area contributed by atoms with Crippen LogP contribution < -0.4 is 0 Å². The summed E-state index contributed by atoms with van der Waals surface area (Å²) in [4.78, 5) is 22.2. The molecule has 0 aliphatic heterocycles. The van der Waals surface area contributed by atoms with Gasteiger partial charge in [-0.25, -0.2) is 9.97 Å². The molecule has 0 N–H and O–H groups in total. The first-order valence-corrected chi connectivity index (χ1v) is 6.67. The van der Waals surface area contributed by atoms with Crippen LogP contribution in [-0.4, -0.2) is 27.8 Å². The highest BCUT2D eigenvalue weighted by atomic mass is 35.5. The Labute approximate surface area is 123 Å². The SMILES string of the molecule is Cc1cc(C(=O)N(C)[C@@H](C)c2ccncn2)ccc1Cl. The zero-order valence-corrected chi connectivity index (χ0v) is 12.4. The maximum atomic E-state index is 12.5. The summed E-state index contributed by atoms with van der Waals surface area (Å²) in [5.74, 6) is -0.0594. The smallest absolute Gasteiger partial charge is 0.254 e. The van der Waals surface area contributed by atoms with Gasteiger partial charge in [0.25, 0.3) is 5.91 Å². The Morgan fingerprint density at radius 1 is 1.35 bits per heavy atom. The van der Waals surface area contributed by atoms with E-state index in [1.54, 1.807) is 36.3 Å². The van der Waals surface area contributed by atoms with E-state index in [4.69, 9.17) is 11.6 Å². The minimum atomic E-state index is -0.124. The van der Waals surface area contributed by atoms with E-state index in [0.717, 1.165) is 11.3 Å². The number of hydrogen-bond acceptors (Lipinski definition) is 3. The molecule has 1 heterocycles. The van der Waals surface area contributed by atoms with Gasteiger partial charge in [-0.1, -0.05) is 11.6 Å². The molecule has 0 radical (unpaired) electrons. The minimum Gasteiger partial charge on any atom is -0.333 e. The lowest BCUT2D eigenvalue weighted by Crippen LogP contribution is -2.30. The number of halogens is 1. The molecule has 1 atom stereocenters. The molecule has 1 aromatic heterocycles. The van der Waals surface area contributed by atoms with Gasteiger partial charge < -0.3 is 4.90 Å². The van der Waals surface area contributed by atoms with Crippen molar-refractivity contribution >= 4 is 17.5 Å². The number of amides is 1. The molecule has 2 rings (SSSR count). The van der Waals surface area contributed by atoms with Crippen molar-refractivity contribution in [2.75, 3.05) is 7.05 Å². The van der Waals surface area contributed by atoms with Crippen LogP contribution in [0.1, 0.15) is 34.6 Å². The van der Waals surface area contributed by atoms with E-state index >= 15 is 0 Å². The molecular weight excluding hydrogens is 274 g/mol. The summed E-state index contributed by atoms with van der Waals surface area (Å²) < 4.78 is 0. The summed E-state index contributed by atoms with van der Waals surface area (Å²) >= 11 is 5.98. The third-order valence-corrected chi connectivity index (χ3v) is 3.76. The van der Waals surface area contributed by atoms with Crippen molar-refractivity contribution in [3.05, 3.63) is 58.6 Å². The molecule has 0 saturated heterocycles. The maximum Gasteiger partial charge on any atom is 0.254 e. The molecule has 0 aliphatic rings. The van der Waals surface area contributed by atoms with Gasteiger partial charge in [-0.3, -0.25) is 4.79 Å². The van der Waals surface area contributed by atoms with E-state index in [2.05, 4.69) is 9.97 Å². The van der Waals surface area contributed by atoms with Crippen molar-refractivity contribution in [1.82, 2.24) is 14.9 Å². The standard InChI is InChI=1S/C15H16ClN3O/c1-10-8-12(4-5-13(10)16)15(20)19(3)11(2)14-6-7-17-9-18-14/h4-9,11H,1-3H3/t11-/m0/s1. The van der Waals surface area contributed by atoms with Crippen LogP contribution in [0.15, 0.2) is 36.8 Å². The fourth-order valence-electron chi connectivity index (χ4n) is 1.90. The van der Waals surface area contributed by atoms with Gasteiger partial charge >= 0.3 is 0 Å². The van der Waals surface area contributed by atoms with Crippen LogP contribution in [0.4, 0.5) is 0 Å². The topological polar surface area (TPSA) is 46.1 Å². The number of hydrogen-bond donors (Lipinski definition) is 0. The molecule has 0 fully saturated rings. The monoisotopic (exact) mass is 289 g/mol. The van der Waals surface area contributed by atoms with Crippen molar-refractivity contribution in [2.45, 2.75) is 19.9 Å². The first-order chi connectivity index (χ1) is 9.50. The molecule has 0 bridgehead atoms. The van der Waals surface area contributed by atoms with Gasteiger partial charge in [0.1, 0.15) is 6.33 Å². The van der Waals surface area contributed by atoms with Crippen LogP contribution in [0.3, 0.4) is 0 Å². The minimum absolute atomic E-state index is 0.0594. The second kappa shape index (κ2) is 6.01. The summed E-state index contributed by atoms with van der Waals surface area (Å²) in [6.07, 6.45) is 3.15. The van der Waals surface area contributed by atoms with Gasteiger partial charge in [0.15, 0.2) is 0 Å². The Kier molecular flexibility index (Phi) is 4.35. The van der Waals surface area contributed by atoms with Gasteiger partial charge in [-0.2, -0.15) is 0 Å². The van der Waals surface area contributed by atoms with Crippen LogP contribution in [-0.2, 0) is 0 Å². The average molecular weight is 290 g/mol. The fraction of sp³-hybridized carbons (Fsp3) is 0.267. The number of nitrogens with zero attached hydrogens (tertiary/aromatic N) is 3. The highest BCUT2D eigenvalue weighted by Crippen LogP contribution is 2.21. The molecule has 4 nitrogen and oxygen atoms in total. The largest absolute Gasteiger partial charge is 0.333 e. The molecule has 0 saturated carbocycles. The Balaban J connectivity index is 2.22. The Bertz CT molecular complexity index is 616. The Morgan fingerprint density at radius 3 is 2.70 bits per heavy atom. The molecule has 0 spiro atoms. The van der Waals surface area contributed by atoms with Crippen LogP contribution in [0, 0.1) is 6.92 Å². The number of carbonyl (C=O) groups is 1. The molecular formula is C15H16ClN3O. The Hall–Kier alpha value is -1.94. The first-order valence-electron chi connectivity index (χ1n) is 6.30. The van der Waals surface area contributed by atoms with E-state index in [0.29, 0.717) is 10.6 Å². The number of carbonyl (C=O) groups excluding carboxylic acids is 1. The lowest BCUT2D eigenvalue weighted by atomic mass is 10.1. The van der Waals surface area contributed by atoms with Crippen molar-refractivity contribution < 1.29 is 4.79 Å². The summed E-state index contributed by atoms with van der Waals surface area (Å²) in [7, 11) is 1.76. The predicted octanol–water partition coefficient (Wildman–Crippen LogP) is 3.27. The molecule has 0 unspecified atom stereocenters. The van der Waals surface area contributed by atoms with E-state index in [1.165, 1.54) is 6.33 Å². The van der Waals surface area contributed by atoms with Crippen LogP contribution in [0.25, 0.3) is 0 Å². The number of aromatic nitrogens is 2. The van der Waals surface area contributed by atoms with Gasteiger partial charge in [0.05, 0.1) is 11.7 Å². The lowest BCUT2D eigenvalue weighted by Gasteiger charge is -2.24. The molecule has 20 heavy (non-hydrogen) atoms. The Morgan fingerprint density at radius 2 is 2.10 bits per heavy atom. The highest BCUT2D eigenvalue weighted by Gasteiger charge is 2.20. The van der Waals surface area contributed by atoms with Crippen LogP contribution >= 0.6 is 11.6 Å². The zero-order valence-electron chi connectivity index (χ0n) is 11.7. The number of benzene rings is 1. The molecule has 5 heteroatoms. The predicted molar refractivity (Wildman–Crippen MR) is 78.7 cm³/mol. The second-order valence-corrected chi connectivity index (χ2v) is 5.10.